The van der Waals surface area contributed by atoms with Crippen LogP contribution >= 0.6 is 11.6 Å². The lowest BCUT2D eigenvalue weighted by Crippen LogP contribution is -2.41. The van der Waals surface area contributed by atoms with Gasteiger partial charge in [-0.1, -0.05) is 29.8 Å². The highest BCUT2D eigenvalue weighted by Crippen LogP contribution is 2.28. The number of carboxylic acid groups (broad SMARTS) is 1. The molecule has 2 atom stereocenters. The number of hydrogen-bond acceptors (Lipinski definition) is 5. The van der Waals surface area contributed by atoms with Gasteiger partial charge in [-0.25, -0.2) is 4.79 Å². The Kier molecular flexibility index (Phi) is 8.84. The van der Waals surface area contributed by atoms with Crippen LogP contribution in [0.3, 0.4) is 0 Å². The van der Waals surface area contributed by atoms with Gasteiger partial charge in [0.05, 0.1) is 16.7 Å². The van der Waals surface area contributed by atoms with E-state index in [0.29, 0.717) is 19.4 Å². The second-order valence-electron chi connectivity index (χ2n) is 8.40. The molecule has 3 amide bonds. The summed E-state index contributed by atoms with van der Waals surface area (Å²) in [5, 5.41) is 27.0. The third-order valence-corrected chi connectivity index (χ3v) is 5.88. The van der Waals surface area contributed by atoms with Crippen molar-refractivity contribution in [3.8, 4) is 0 Å². The van der Waals surface area contributed by atoms with Gasteiger partial charge in [0.2, 0.25) is 5.91 Å². The number of carbonyl (C=O) groups is 4. The van der Waals surface area contributed by atoms with E-state index in [4.69, 9.17) is 11.6 Å². The largest absolute Gasteiger partial charge is 0.480 e. The molecule has 1 saturated carbocycles. The van der Waals surface area contributed by atoms with Gasteiger partial charge in [-0.15, -0.1) is 0 Å². The molecule has 0 spiro atoms. The highest BCUT2D eigenvalue weighted by molar-refractivity contribution is 6.34. The number of benzene rings is 1. The molecular formula is C24H28ClN3O6. The molecule has 2 aliphatic rings. The van der Waals surface area contributed by atoms with Crippen molar-refractivity contribution in [3.63, 3.8) is 0 Å². The Hall–Kier alpha value is -3.17. The number of amides is 3. The molecule has 10 heteroatoms. The molecule has 5 N–H and O–H groups in total. The fourth-order valence-corrected chi connectivity index (χ4v) is 3.74. The van der Waals surface area contributed by atoms with Gasteiger partial charge >= 0.3 is 5.97 Å². The topological polar surface area (TPSA) is 145 Å². The molecule has 1 unspecified atom stereocenters. The van der Waals surface area contributed by atoms with E-state index in [1.807, 2.05) is 12.2 Å². The standard InChI is InChI=1S/C24H28ClN3O6/c25-19-12-16(22(31)27-13-14-3-1-4-17(29)11-14)8-9-18(19)23(32)28-20(24(33)34)5-2-10-26-21(30)15-6-7-15/h1,3,8-9,11-12,15,17,20,29H,2,4-7,10,13H2,(H,26,30)(H,27,31)(H,28,32)(H,33,34)/t17?,20-/m0/s1. The SMILES string of the molecule is O=C(NCC1=CC(O)CC=C1)c1ccc(C(=O)N[C@@H](CCCNC(=O)C2CC2)C(=O)O)c(Cl)c1. The van der Waals surface area contributed by atoms with E-state index in [0.717, 1.165) is 18.4 Å². The van der Waals surface area contributed by atoms with Crippen LogP contribution in [0.4, 0.5) is 0 Å². The van der Waals surface area contributed by atoms with Crippen LogP contribution in [0, 0.1) is 5.92 Å². The number of hydrogen-bond donors (Lipinski definition) is 5. The Labute approximate surface area is 202 Å². The first-order chi connectivity index (χ1) is 16.2. The van der Waals surface area contributed by atoms with Crippen LogP contribution in [0.25, 0.3) is 0 Å². The second-order valence-corrected chi connectivity index (χ2v) is 8.80. The van der Waals surface area contributed by atoms with Crippen molar-refractivity contribution in [2.45, 2.75) is 44.2 Å². The fraction of sp³-hybridized carbons (Fsp3) is 0.417. The van der Waals surface area contributed by atoms with Gasteiger partial charge in [-0.3, -0.25) is 14.4 Å². The molecule has 2 aliphatic carbocycles. The van der Waals surface area contributed by atoms with Crippen LogP contribution in [0.5, 0.6) is 0 Å². The fourth-order valence-electron chi connectivity index (χ4n) is 3.47. The molecule has 0 heterocycles. The maximum absolute atomic E-state index is 12.6. The van der Waals surface area contributed by atoms with Crippen LogP contribution in [-0.4, -0.2) is 59.1 Å². The van der Waals surface area contributed by atoms with Crippen molar-refractivity contribution in [2.75, 3.05) is 13.1 Å². The molecule has 1 fully saturated rings. The molecule has 1 aromatic rings. The van der Waals surface area contributed by atoms with Gasteiger partial charge in [0.1, 0.15) is 6.04 Å². The lowest BCUT2D eigenvalue weighted by atomic mass is 10.0. The Morgan fingerprint density at radius 2 is 1.88 bits per heavy atom. The van der Waals surface area contributed by atoms with Gasteiger partial charge < -0.3 is 26.2 Å². The summed E-state index contributed by atoms with van der Waals surface area (Å²) in [7, 11) is 0. The second kappa shape index (κ2) is 11.8. The quantitative estimate of drug-likeness (QED) is 0.300. The summed E-state index contributed by atoms with van der Waals surface area (Å²) >= 11 is 6.21. The van der Waals surface area contributed by atoms with E-state index < -0.39 is 29.9 Å². The average Bonchev–Trinajstić information content (AvgIpc) is 3.64. The minimum atomic E-state index is -1.19. The lowest BCUT2D eigenvalue weighted by Gasteiger charge is -2.16. The summed E-state index contributed by atoms with van der Waals surface area (Å²) in [4.78, 5) is 48.2. The molecule has 0 bridgehead atoms. The number of aliphatic hydroxyl groups is 1. The summed E-state index contributed by atoms with van der Waals surface area (Å²) in [6.07, 6.45) is 7.60. The normalized spacial score (nSPS) is 17.9. The lowest BCUT2D eigenvalue weighted by molar-refractivity contribution is -0.139. The Bertz CT molecular complexity index is 1020. The van der Waals surface area contributed by atoms with Crippen molar-refractivity contribution in [3.05, 3.63) is 58.1 Å². The number of aliphatic carboxylic acids is 1. The van der Waals surface area contributed by atoms with Gasteiger partial charge in [0.25, 0.3) is 11.8 Å². The van der Waals surface area contributed by atoms with Crippen molar-refractivity contribution < 1.29 is 29.4 Å². The zero-order valence-corrected chi connectivity index (χ0v) is 19.3. The van der Waals surface area contributed by atoms with Crippen LogP contribution in [0.15, 0.2) is 42.0 Å². The van der Waals surface area contributed by atoms with Crippen LogP contribution < -0.4 is 16.0 Å². The zero-order chi connectivity index (χ0) is 24.7. The van der Waals surface area contributed by atoms with Crippen molar-refractivity contribution in [2.24, 2.45) is 5.92 Å². The van der Waals surface area contributed by atoms with Crippen molar-refractivity contribution in [1.29, 1.82) is 0 Å². The van der Waals surface area contributed by atoms with E-state index in [-0.39, 0.29) is 40.9 Å². The van der Waals surface area contributed by atoms with Gasteiger partial charge in [0.15, 0.2) is 0 Å². The maximum Gasteiger partial charge on any atom is 0.326 e. The minimum Gasteiger partial charge on any atom is -0.480 e. The minimum absolute atomic E-state index is 0.0122. The van der Waals surface area contributed by atoms with Gasteiger partial charge in [0, 0.05) is 24.6 Å². The van der Waals surface area contributed by atoms with E-state index in [1.165, 1.54) is 18.2 Å². The first kappa shape index (κ1) is 25.5. The molecule has 0 saturated heterocycles. The van der Waals surface area contributed by atoms with E-state index in [2.05, 4.69) is 16.0 Å². The number of aliphatic hydroxyl groups excluding tert-OH is 1. The summed E-state index contributed by atoms with van der Waals surface area (Å²) in [6.45, 7) is 0.568. The van der Waals surface area contributed by atoms with Crippen LogP contribution in [0.2, 0.25) is 5.02 Å². The van der Waals surface area contributed by atoms with Crippen molar-refractivity contribution in [1.82, 2.24) is 16.0 Å². The highest BCUT2D eigenvalue weighted by Gasteiger charge is 2.29. The average molecular weight is 490 g/mol. The molecule has 34 heavy (non-hydrogen) atoms. The van der Waals surface area contributed by atoms with Gasteiger partial charge in [-0.2, -0.15) is 0 Å². The molecule has 9 nitrogen and oxygen atoms in total. The third-order valence-electron chi connectivity index (χ3n) is 5.57. The molecule has 0 aromatic heterocycles. The predicted molar refractivity (Wildman–Crippen MR) is 125 cm³/mol. The monoisotopic (exact) mass is 489 g/mol. The van der Waals surface area contributed by atoms with E-state index in [9.17, 15) is 29.4 Å². The molecular weight excluding hydrogens is 462 g/mol. The summed E-state index contributed by atoms with van der Waals surface area (Å²) in [5.41, 5.74) is 1.07. The van der Waals surface area contributed by atoms with E-state index >= 15 is 0 Å². The Balaban J connectivity index is 1.51. The molecule has 1 aromatic carbocycles. The Morgan fingerprint density at radius 3 is 2.53 bits per heavy atom. The smallest absolute Gasteiger partial charge is 0.326 e. The zero-order valence-electron chi connectivity index (χ0n) is 18.6. The summed E-state index contributed by atoms with van der Waals surface area (Å²) in [6, 6.07) is 3.00. The molecule has 182 valence electrons. The summed E-state index contributed by atoms with van der Waals surface area (Å²) in [5.74, 6) is -2.20. The highest BCUT2D eigenvalue weighted by atomic mass is 35.5. The van der Waals surface area contributed by atoms with Crippen LogP contribution in [0.1, 0.15) is 52.8 Å². The first-order valence-corrected chi connectivity index (χ1v) is 11.6. The number of carbonyl (C=O) groups excluding carboxylic acids is 3. The van der Waals surface area contributed by atoms with Gasteiger partial charge in [-0.05, 0) is 55.9 Å². The molecule has 3 rings (SSSR count). The maximum atomic E-state index is 12.6. The summed E-state index contributed by atoms with van der Waals surface area (Å²) < 4.78 is 0. The van der Waals surface area contributed by atoms with Crippen molar-refractivity contribution >= 4 is 35.3 Å². The number of rotatable bonds is 11. The van der Waals surface area contributed by atoms with Crippen LogP contribution in [-0.2, 0) is 9.59 Å². The number of halogens is 1. The number of carboxylic acids is 1. The molecule has 0 aliphatic heterocycles. The Morgan fingerprint density at radius 1 is 1.12 bits per heavy atom. The predicted octanol–water partition coefficient (Wildman–Crippen LogP) is 1.81. The molecule has 0 radical (unpaired) electrons. The first-order valence-electron chi connectivity index (χ1n) is 11.2. The number of nitrogens with one attached hydrogen (secondary N) is 3. The van der Waals surface area contributed by atoms with E-state index in [1.54, 1.807) is 6.08 Å². The third kappa shape index (κ3) is 7.43.